The van der Waals surface area contributed by atoms with Crippen LogP contribution >= 0.6 is 62.3 Å². The molecule has 3 nitrogen and oxygen atoms in total. The van der Waals surface area contributed by atoms with E-state index >= 15 is 0 Å². The first-order valence-corrected chi connectivity index (χ1v) is 6.50. The number of alkyl halides is 4. The van der Waals surface area contributed by atoms with Crippen LogP contribution in [0.3, 0.4) is 0 Å². The van der Waals surface area contributed by atoms with Crippen LogP contribution in [0.4, 0.5) is 4.79 Å². The molecule has 0 heterocycles. The van der Waals surface area contributed by atoms with Crippen molar-refractivity contribution in [3.63, 3.8) is 0 Å². The minimum absolute atomic E-state index is 0.284. The Morgan fingerprint density at radius 1 is 1.24 bits per heavy atom. The number of hydrogen-bond donors (Lipinski definition) is 0. The van der Waals surface area contributed by atoms with Gasteiger partial charge in [-0.05, 0) is 24.3 Å². The maximum atomic E-state index is 11.2. The van der Waals surface area contributed by atoms with Crippen LogP contribution in [0.5, 0.6) is 5.75 Å². The fraction of sp³-hybridized carbons (Fsp3) is 0.222. The number of halogens is 5. The topological polar surface area (TPSA) is 35.5 Å². The number of hydrogen-bond acceptors (Lipinski definition) is 3. The van der Waals surface area contributed by atoms with Gasteiger partial charge in [-0.1, -0.05) is 62.3 Å². The summed E-state index contributed by atoms with van der Waals surface area (Å²) in [5.41, 5.74) is -1.43. The molecule has 17 heavy (non-hydrogen) atoms. The largest absolute Gasteiger partial charge is 0.515 e. The Balaban J connectivity index is 2.53. The van der Waals surface area contributed by atoms with Crippen molar-refractivity contribution >= 4 is 68.5 Å². The zero-order valence-electron chi connectivity index (χ0n) is 8.00. The third-order valence-corrected chi connectivity index (χ3v) is 3.35. The van der Waals surface area contributed by atoms with Gasteiger partial charge in [-0.25, -0.2) is 4.79 Å². The van der Waals surface area contributed by atoms with E-state index in [2.05, 4.69) is 20.7 Å². The van der Waals surface area contributed by atoms with Crippen molar-refractivity contribution in [3.8, 4) is 5.75 Å². The molecule has 1 rings (SSSR count). The molecule has 1 aromatic carbocycles. The molecule has 0 aromatic heterocycles. The van der Waals surface area contributed by atoms with Crippen LogP contribution in [0.15, 0.2) is 28.7 Å². The van der Waals surface area contributed by atoms with Crippen molar-refractivity contribution in [2.45, 2.75) is 9.36 Å². The van der Waals surface area contributed by atoms with Crippen LogP contribution in [0.25, 0.3) is 0 Å². The smallest absolute Gasteiger partial charge is 0.410 e. The molecule has 0 radical (unpaired) electrons. The zero-order chi connectivity index (χ0) is 13.1. The number of rotatable bonds is 2. The summed E-state index contributed by atoms with van der Waals surface area (Å²) in [5, 5.41) is 0. The van der Waals surface area contributed by atoms with E-state index in [4.69, 9.17) is 51.1 Å². The number of ether oxygens (including phenoxy) is 2. The second-order valence-electron chi connectivity index (χ2n) is 2.78. The van der Waals surface area contributed by atoms with Crippen LogP contribution in [0.1, 0.15) is 0 Å². The second-order valence-corrected chi connectivity index (χ2v) is 6.46. The predicted molar refractivity (Wildman–Crippen MR) is 71.2 cm³/mol. The molecule has 8 heteroatoms. The highest BCUT2D eigenvalue weighted by molar-refractivity contribution is 9.10. The van der Waals surface area contributed by atoms with Crippen molar-refractivity contribution < 1.29 is 14.3 Å². The molecular formula is C9H5BrCl4O3. The summed E-state index contributed by atoms with van der Waals surface area (Å²) < 4.78 is 8.26. The minimum Gasteiger partial charge on any atom is -0.410 e. The molecule has 0 aliphatic heterocycles. The highest BCUT2D eigenvalue weighted by Crippen LogP contribution is 2.34. The van der Waals surface area contributed by atoms with Gasteiger partial charge in [0.2, 0.25) is 9.36 Å². The summed E-state index contributed by atoms with van der Waals surface area (Å²) in [6.07, 6.45) is -1.06. The van der Waals surface area contributed by atoms with Gasteiger partial charge >= 0.3 is 6.16 Å². The summed E-state index contributed by atoms with van der Waals surface area (Å²) in [5.74, 6) is 0.284. The van der Waals surface area contributed by atoms with Crippen molar-refractivity contribution in [1.29, 1.82) is 0 Å². The maximum absolute atomic E-state index is 11.2. The highest BCUT2D eigenvalue weighted by Gasteiger charge is 2.34. The number of carbonyl (C=O) groups is 1. The summed E-state index contributed by atoms with van der Waals surface area (Å²) in [6.45, 7) is 0. The molecule has 0 aliphatic carbocycles. The molecule has 0 aliphatic rings. The molecule has 1 atom stereocenters. The van der Waals surface area contributed by atoms with E-state index in [1.807, 2.05) is 0 Å². The Labute approximate surface area is 126 Å². The van der Waals surface area contributed by atoms with Crippen molar-refractivity contribution in [3.05, 3.63) is 28.7 Å². The van der Waals surface area contributed by atoms with Gasteiger partial charge in [-0.3, -0.25) is 0 Å². The van der Waals surface area contributed by atoms with Crippen LogP contribution in [0, 0.1) is 0 Å². The van der Waals surface area contributed by atoms with Gasteiger partial charge in [-0.2, -0.15) is 0 Å². The molecule has 94 valence electrons. The van der Waals surface area contributed by atoms with E-state index in [0.29, 0.717) is 0 Å². The summed E-state index contributed by atoms with van der Waals surface area (Å²) in [6, 6.07) is 6.50. The van der Waals surface area contributed by atoms with E-state index < -0.39 is 15.5 Å². The lowest BCUT2D eigenvalue weighted by molar-refractivity contribution is 0.0882. The lowest BCUT2D eigenvalue weighted by Gasteiger charge is -2.17. The molecule has 0 saturated carbocycles. The quantitative estimate of drug-likeness (QED) is 0.414. The maximum Gasteiger partial charge on any atom is 0.515 e. The molecule has 0 spiro atoms. The Hall–Kier alpha value is 0.130. The monoisotopic (exact) mass is 380 g/mol. The fourth-order valence-corrected chi connectivity index (χ4v) is 1.24. The van der Waals surface area contributed by atoms with E-state index in [0.717, 1.165) is 4.47 Å². The van der Waals surface area contributed by atoms with Crippen LogP contribution in [-0.2, 0) is 4.74 Å². The van der Waals surface area contributed by atoms with Crippen LogP contribution in [-0.4, -0.2) is 15.5 Å². The number of carbonyl (C=O) groups excluding carboxylic acids is 1. The summed E-state index contributed by atoms with van der Waals surface area (Å²) >= 11 is 25.0. The minimum atomic E-state index is -1.92. The van der Waals surface area contributed by atoms with Crippen LogP contribution < -0.4 is 4.74 Å². The lowest BCUT2D eigenvalue weighted by Crippen LogP contribution is -2.27. The third-order valence-electron chi connectivity index (χ3n) is 1.47. The van der Waals surface area contributed by atoms with E-state index in [9.17, 15) is 4.79 Å². The predicted octanol–water partition coefficient (Wildman–Crippen LogP) is 4.90. The van der Waals surface area contributed by atoms with Crippen molar-refractivity contribution in [2.75, 3.05) is 0 Å². The SMILES string of the molecule is O=C(Oc1ccc(Br)cc1)O[C@H](Cl)C(Cl)(Cl)Cl. The third kappa shape index (κ3) is 5.53. The Bertz CT molecular complexity index is 390. The van der Waals surface area contributed by atoms with E-state index in [1.165, 1.54) is 0 Å². The Morgan fingerprint density at radius 3 is 2.24 bits per heavy atom. The highest BCUT2D eigenvalue weighted by atomic mass is 79.9. The Morgan fingerprint density at radius 2 is 1.76 bits per heavy atom. The first-order chi connectivity index (χ1) is 7.79. The fourth-order valence-electron chi connectivity index (χ4n) is 0.774. The van der Waals surface area contributed by atoms with Gasteiger partial charge in [0.1, 0.15) is 5.75 Å². The number of benzene rings is 1. The first kappa shape index (κ1) is 15.2. The van der Waals surface area contributed by atoms with Gasteiger partial charge < -0.3 is 9.47 Å². The summed E-state index contributed by atoms with van der Waals surface area (Å²) in [7, 11) is 0. The standard InChI is InChI=1S/C9H5BrCl4O3/c10-5-1-3-6(4-2-5)16-8(15)17-7(11)9(12,13)14/h1-4,7H/t7-/m0/s1. The van der Waals surface area contributed by atoms with Crippen LogP contribution in [0.2, 0.25) is 0 Å². The van der Waals surface area contributed by atoms with Gasteiger partial charge in [0, 0.05) is 4.47 Å². The average Bonchev–Trinajstić information content (AvgIpc) is 2.20. The molecule has 0 N–H and O–H groups in total. The molecule has 0 saturated heterocycles. The van der Waals surface area contributed by atoms with Gasteiger partial charge in [0.15, 0.2) is 0 Å². The molecule has 0 fully saturated rings. The molecule has 1 aromatic rings. The van der Waals surface area contributed by atoms with Crippen molar-refractivity contribution in [1.82, 2.24) is 0 Å². The second kappa shape index (κ2) is 6.34. The average molecular weight is 383 g/mol. The zero-order valence-corrected chi connectivity index (χ0v) is 12.6. The Kier molecular flexibility index (Phi) is 5.67. The van der Waals surface area contributed by atoms with Gasteiger partial charge in [0.05, 0.1) is 0 Å². The van der Waals surface area contributed by atoms with E-state index in [1.54, 1.807) is 24.3 Å². The molecule has 0 unspecified atom stereocenters. The molecular weight excluding hydrogens is 378 g/mol. The van der Waals surface area contributed by atoms with Gasteiger partial charge in [-0.15, -0.1) is 0 Å². The van der Waals surface area contributed by atoms with E-state index in [-0.39, 0.29) is 5.75 Å². The molecule has 0 amide bonds. The first-order valence-electron chi connectivity index (χ1n) is 4.14. The van der Waals surface area contributed by atoms with Crippen molar-refractivity contribution in [2.24, 2.45) is 0 Å². The normalized spacial score (nSPS) is 13.0. The van der Waals surface area contributed by atoms with Gasteiger partial charge in [0.25, 0.3) is 0 Å². The molecule has 0 bridgehead atoms. The summed E-state index contributed by atoms with van der Waals surface area (Å²) in [4.78, 5) is 11.2. The lowest BCUT2D eigenvalue weighted by atomic mass is 10.3.